The maximum absolute atomic E-state index is 12.0. The van der Waals surface area contributed by atoms with Crippen molar-refractivity contribution in [2.75, 3.05) is 26.7 Å². The van der Waals surface area contributed by atoms with E-state index in [1.54, 1.807) is 13.2 Å². The van der Waals surface area contributed by atoms with Gasteiger partial charge in [0.15, 0.2) is 5.96 Å². The summed E-state index contributed by atoms with van der Waals surface area (Å²) < 4.78 is 1.92. The summed E-state index contributed by atoms with van der Waals surface area (Å²) in [5, 5.41) is 13.7. The Balaban J connectivity index is 0.00000312. The van der Waals surface area contributed by atoms with Crippen molar-refractivity contribution in [3.05, 3.63) is 18.5 Å². The van der Waals surface area contributed by atoms with Gasteiger partial charge >= 0.3 is 0 Å². The highest BCUT2D eigenvalue weighted by Gasteiger charge is 2.20. The second kappa shape index (κ2) is 13.0. The summed E-state index contributed by atoms with van der Waals surface area (Å²) in [7, 11) is 1.75. The van der Waals surface area contributed by atoms with E-state index in [1.165, 1.54) is 19.3 Å². The molecule has 1 fully saturated rings. The molecule has 0 radical (unpaired) electrons. The Hall–Kier alpha value is -1.32. The van der Waals surface area contributed by atoms with Gasteiger partial charge in [0.1, 0.15) is 0 Å². The highest BCUT2D eigenvalue weighted by Crippen LogP contribution is 2.23. The maximum atomic E-state index is 12.0. The van der Waals surface area contributed by atoms with Gasteiger partial charge in [0.25, 0.3) is 0 Å². The first kappa shape index (κ1) is 21.7. The molecule has 3 N–H and O–H groups in total. The van der Waals surface area contributed by atoms with Crippen LogP contribution in [0.25, 0.3) is 0 Å². The van der Waals surface area contributed by atoms with Gasteiger partial charge in [-0.25, -0.2) is 0 Å². The lowest BCUT2D eigenvalue weighted by molar-refractivity contribution is -0.125. The summed E-state index contributed by atoms with van der Waals surface area (Å²) in [5.41, 5.74) is 0. The molecule has 0 aliphatic heterocycles. The van der Waals surface area contributed by atoms with E-state index in [4.69, 9.17) is 0 Å². The third-order valence-electron chi connectivity index (χ3n) is 4.33. The van der Waals surface area contributed by atoms with Crippen LogP contribution in [0.4, 0.5) is 0 Å². The lowest BCUT2D eigenvalue weighted by Gasteiger charge is -2.21. The smallest absolute Gasteiger partial charge is 0.223 e. The van der Waals surface area contributed by atoms with Crippen LogP contribution in [0, 0.1) is 5.92 Å². The molecule has 0 bridgehead atoms. The minimum absolute atomic E-state index is 0. The number of carbonyl (C=O) groups is 1. The number of aliphatic imine (C=N–C) groups is 1. The van der Waals surface area contributed by atoms with Gasteiger partial charge in [-0.15, -0.1) is 24.0 Å². The Morgan fingerprint density at radius 3 is 2.56 bits per heavy atom. The van der Waals surface area contributed by atoms with Crippen LogP contribution in [0.1, 0.15) is 38.5 Å². The summed E-state index contributed by atoms with van der Waals surface area (Å²) in [4.78, 5) is 16.2. The van der Waals surface area contributed by atoms with Crippen molar-refractivity contribution in [1.29, 1.82) is 0 Å². The second-order valence-corrected chi connectivity index (χ2v) is 6.17. The Morgan fingerprint density at radius 1 is 1.16 bits per heavy atom. The van der Waals surface area contributed by atoms with Crippen LogP contribution in [0.2, 0.25) is 0 Å². The minimum Gasteiger partial charge on any atom is -0.356 e. The molecule has 1 aliphatic carbocycles. The molecule has 142 valence electrons. The number of aromatic nitrogens is 2. The van der Waals surface area contributed by atoms with Crippen molar-refractivity contribution in [3.8, 4) is 0 Å². The average molecular weight is 462 g/mol. The normalized spacial score (nSPS) is 15.3. The molecule has 1 amide bonds. The van der Waals surface area contributed by atoms with Crippen molar-refractivity contribution >= 4 is 35.8 Å². The van der Waals surface area contributed by atoms with Crippen molar-refractivity contribution in [3.63, 3.8) is 0 Å². The summed E-state index contributed by atoms with van der Waals surface area (Å²) in [6, 6.07) is 1.93. The standard InChI is InChI=1S/C17H30N6O.HI/c1-18-17(20-9-5-13-23-14-6-10-22-23)21-12-11-19-16(24)15-7-3-2-4-8-15;/h6,10,14-15H,2-5,7-9,11-13H2,1H3,(H,19,24)(H2,18,20,21);1H. The van der Waals surface area contributed by atoms with E-state index in [9.17, 15) is 4.79 Å². The first-order valence-corrected chi connectivity index (χ1v) is 8.99. The molecule has 1 aliphatic rings. The number of amides is 1. The lowest BCUT2D eigenvalue weighted by Crippen LogP contribution is -2.43. The van der Waals surface area contributed by atoms with E-state index >= 15 is 0 Å². The van der Waals surface area contributed by atoms with Gasteiger partial charge in [0, 0.05) is 51.5 Å². The largest absolute Gasteiger partial charge is 0.356 e. The number of aryl methyl sites for hydroxylation is 1. The van der Waals surface area contributed by atoms with E-state index in [-0.39, 0.29) is 35.8 Å². The van der Waals surface area contributed by atoms with Crippen LogP contribution in [0.5, 0.6) is 0 Å². The van der Waals surface area contributed by atoms with E-state index < -0.39 is 0 Å². The van der Waals surface area contributed by atoms with Crippen molar-refractivity contribution in [2.45, 2.75) is 45.1 Å². The van der Waals surface area contributed by atoms with E-state index in [2.05, 4.69) is 26.0 Å². The number of nitrogens with zero attached hydrogens (tertiary/aromatic N) is 3. The average Bonchev–Trinajstić information content (AvgIpc) is 3.14. The number of hydrogen-bond donors (Lipinski definition) is 3. The quantitative estimate of drug-likeness (QED) is 0.238. The number of nitrogens with one attached hydrogen (secondary N) is 3. The molecular weight excluding hydrogens is 431 g/mol. The van der Waals surface area contributed by atoms with Crippen LogP contribution >= 0.6 is 24.0 Å². The second-order valence-electron chi connectivity index (χ2n) is 6.17. The van der Waals surface area contributed by atoms with Gasteiger partial charge in [-0.2, -0.15) is 5.10 Å². The van der Waals surface area contributed by atoms with Crippen LogP contribution in [0.3, 0.4) is 0 Å². The van der Waals surface area contributed by atoms with Gasteiger partial charge in [0.2, 0.25) is 5.91 Å². The number of halogens is 1. The molecule has 0 spiro atoms. The zero-order chi connectivity index (χ0) is 17.0. The van der Waals surface area contributed by atoms with Gasteiger partial charge in [-0.1, -0.05) is 19.3 Å². The molecule has 25 heavy (non-hydrogen) atoms. The fourth-order valence-electron chi connectivity index (χ4n) is 2.98. The molecular formula is C17H31IN6O. The molecule has 0 saturated heterocycles. The molecule has 1 aromatic heterocycles. The summed E-state index contributed by atoms with van der Waals surface area (Å²) in [6.45, 7) is 3.02. The Kier molecular flexibility index (Phi) is 11.3. The highest BCUT2D eigenvalue weighted by atomic mass is 127. The molecule has 0 unspecified atom stereocenters. The molecule has 2 rings (SSSR count). The Morgan fingerprint density at radius 2 is 1.88 bits per heavy atom. The number of hydrogen-bond acceptors (Lipinski definition) is 3. The zero-order valence-electron chi connectivity index (χ0n) is 15.0. The van der Waals surface area contributed by atoms with Crippen LogP contribution < -0.4 is 16.0 Å². The maximum Gasteiger partial charge on any atom is 0.223 e. The van der Waals surface area contributed by atoms with Gasteiger partial charge in [-0.05, 0) is 25.3 Å². The molecule has 1 heterocycles. The Bertz CT molecular complexity index is 499. The molecule has 8 heteroatoms. The molecule has 0 aromatic carbocycles. The molecule has 1 aromatic rings. The SMILES string of the molecule is CN=C(NCCCn1cccn1)NCCNC(=O)C1CCCCC1.I. The van der Waals surface area contributed by atoms with Crippen molar-refractivity contribution < 1.29 is 4.79 Å². The lowest BCUT2D eigenvalue weighted by atomic mass is 9.89. The zero-order valence-corrected chi connectivity index (χ0v) is 17.4. The third-order valence-corrected chi connectivity index (χ3v) is 4.33. The van der Waals surface area contributed by atoms with Gasteiger partial charge < -0.3 is 16.0 Å². The number of guanidine groups is 1. The van der Waals surface area contributed by atoms with Crippen LogP contribution in [0.15, 0.2) is 23.5 Å². The van der Waals surface area contributed by atoms with E-state index in [0.29, 0.717) is 13.1 Å². The fourth-order valence-corrected chi connectivity index (χ4v) is 2.98. The summed E-state index contributed by atoms with van der Waals surface area (Å²) in [5.74, 6) is 1.19. The van der Waals surface area contributed by atoms with E-state index in [1.807, 2.05) is 16.9 Å². The minimum atomic E-state index is 0. The predicted octanol–water partition coefficient (Wildman–Crippen LogP) is 1.75. The molecule has 1 saturated carbocycles. The third kappa shape index (κ3) is 8.55. The van der Waals surface area contributed by atoms with Gasteiger partial charge in [0.05, 0.1) is 0 Å². The van der Waals surface area contributed by atoms with Crippen LogP contribution in [-0.2, 0) is 11.3 Å². The summed E-state index contributed by atoms with van der Waals surface area (Å²) >= 11 is 0. The summed E-state index contributed by atoms with van der Waals surface area (Å²) in [6.07, 6.45) is 10.4. The van der Waals surface area contributed by atoms with E-state index in [0.717, 1.165) is 38.3 Å². The first-order chi connectivity index (χ1) is 11.8. The fraction of sp³-hybridized carbons (Fsp3) is 0.706. The highest BCUT2D eigenvalue weighted by molar-refractivity contribution is 14.0. The molecule has 0 atom stereocenters. The number of carbonyl (C=O) groups excluding carboxylic acids is 1. The van der Waals surface area contributed by atoms with Gasteiger partial charge in [-0.3, -0.25) is 14.5 Å². The van der Waals surface area contributed by atoms with Crippen LogP contribution in [-0.4, -0.2) is 48.3 Å². The predicted molar refractivity (Wildman–Crippen MR) is 111 cm³/mol. The number of rotatable bonds is 8. The van der Waals surface area contributed by atoms with Crippen molar-refractivity contribution in [2.24, 2.45) is 10.9 Å². The first-order valence-electron chi connectivity index (χ1n) is 8.99. The monoisotopic (exact) mass is 462 g/mol. The molecule has 7 nitrogen and oxygen atoms in total. The Labute approximate surface area is 167 Å². The topological polar surface area (TPSA) is 83.3 Å². The van der Waals surface area contributed by atoms with Crippen molar-refractivity contribution in [1.82, 2.24) is 25.7 Å².